The summed E-state index contributed by atoms with van der Waals surface area (Å²) in [4.78, 5) is -1.54. The zero-order valence-electron chi connectivity index (χ0n) is 10.7. The van der Waals surface area contributed by atoms with Crippen molar-refractivity contribution in [2.45, 2.75) is 15.7 Å². The number of hydrogen-bond donors (Lipinski definition) is 2. The fourth-order valence-electron chi connectivity index (χ4n) is 1.25. The lowest BCUT2D eigenvalue weighted by Gasteiger charge is -2.14. The second-order valence-corrected chi connectivity index (χ2v) is 7.95. The number of alkyl halides is 2. The van der Waals surface area contributed by atoms with Gasteiger partial charge in [-0.05, 0) is 18.2 Å². The Morgan fingerprint density at radius 1 is 1.24 bits per heavy atom. The zero-order chi connectivity index (χ0) is 16.5. The van der Waals surface area contributed by atoms with Gasteiger partial charge in [-0.2, -0.15) is 0 Å². The van der Waals surface area contributed by atoms with Crippen LogP contribution in [0, 0.1) is 5.82 Å². The van der Waals surface area contributed by atoms with Gasteiger partial charge in [0, 0.05) is 6.26 Å². The van der Waals surface area contributed by atoms with Gasteiger partial charge in [0.25, 0.3) is 5.92 Å². The molecule has 0 atom stereocenters. The number of hydrogen-bond acceptors (Lipinski definition) is 5. The standard InChI is InChI=1S/C10H12F3NO5S2/c1-20(16,17)7-2-3-8(11)9(4-7)21(18,19)14-5-10(12,13)6-15/h2-4,14-15H,5-6H2,1H3. The molecule has 0 spiro atoms. The van der Waals surface area contributed by atoms with Crippen molar-refractivity contribution in [1.29, 1.82) is 0 Å². The number of sulfonamides is 1. The number of aliphatic hydroxyl groups is 1. The van der Waals surface area contributed by atoms with Gasteiger partial charge in [0.1, 0.15) is 17.3 Å². The molecule has 1 rings (SSSR count). The molecule has 0 unspecified atom stereocenters. The maximum Gasteiger partial charge on any atom is 0.283 e. The lowest BCUT2D eigenvalue weighted by molar-refractivity contribution is -0.0437. The molecule has 120 valence electrons. The van der Waals surface area contributed by atoms with Crippen molar-refractivity contribution in [2.75, 3.05) is 19.4 Å². The van der Waals surface area contributed by atoms with Gasteiger partial charge in [-0.1, -0.05) is 0 Å². The molecule has 0 aliphatic carbocycles. The molecular weight excluding hydrogens is 335 g/mol. The van der Waals surface area contributed by atoms with Gasteiger partial charge < -0.3 is 5.11 Å². The van der Waals surface area contributed by atoms with E-state index in [1.165, 1.54) is 4.72 Å². The number of nitrogens with one attached hydrogen (secondary N) is 1. The normalized spacial score (nSPS) is 13.4. The predicted molar refractivity (Wildman–Crippen MR) is 66.7 cm³/mol. The lowest BCUT2D eigenvalue weighted by Crippen LogP contribution is -2.39. The van der Waals surface area contributed by atoms with Crippen molar-refractivity contribution in [3.8, 4) is 0 Å². The monoisotopic (exact) mass is 347 g/mol. The van der Waals surface area contributed by atoms with Crippen LogP contribution < -0.4 is 4.72 Å². The van der Waals surface area contributed by atoms with Crippen molar-refractivity contribution in [1.82, 2.24) is 4.72 Å². The van der Waals surface area contributed by atoms with Crippen LogP contribution in [-0.4, -0.2) is 47.3 Å². The summed E-state index contributed by atoms with van der Waals surface area (Å²) >= 11 is 0. The number of rotatable bonds is 6. The van der Waals surface area contributed by atoms with Crippen LogP contribution in [-0.2, 0) is 19.9 Å². The summed E-state index contributed by atoms with van der Waals surface area (Å²) < 4.78 is 86.6. The van der Waals surface area contributed by atoms with Crippen molar-refractivity contribution in [3.63, 3.8) is 0 Å². The largest absolute Gasteiger partial charge is 0.390 e. The Labute approximate surface area is 119 Å². The molecule has 0 bridgehead atoms. The van der Waals surface area contributed by atoms with Gasteiger partial charge >= 0.3 is 0 Å². The molecule has 0 heterocycles. The maximum absolute atomic E-state index is 13.5. The first kappa shape index (κ1) is 17.9. The van der Waals surface area contributed by atoms with Crippen LogP contribution >= 0.6 is 0 Å². The van der Waals surface area contributed by atoms with Crippen LogP contribution in [0.4, 0.5) is 13.2 Å². The highest BCUT2D eigenvalue weighted by Crippen LogP contribution is 2.20. The second kappa shape index (κ2) is 5.91. The molecule has 21 heavy (non-hydrogen) atoms. The van der Waals surface area contributed by atoms with Gasteiger partial charge in [-0.3, -0.25) is 0 Å². The topological polar surface area (TPSA) is 101 Å². The summed E-state index contributed by atoms with van der Waals surface area (Å²) in [6, 6.07) is 1.99. The fraction of sp³-hybridized carbons (Fsp3) is 0.400. The van der Waals surface area contributed by atoms with Crippen LogP contribution in [0.5, 0.6) is 0 Å². The maximum atomic E-state index is 13.5. The molecule has 2 N–H and O–H groups in total. The van der Waals surface area contributed by atoms with Crippen LogP contribution in [0.25, 0.3) is 0 Å². The summed E-state index contributed by atoms with van der Waals surface area (Å²) in [5, 5.41) is 8.33. The molecule has 0 amide bonds. The fourth-order valence-corrected chi connectivity index (χ4v) is 3.14. The molecule has 11 heteroatoms. The number of benzene rings is 1. The summed E-state index contributed by atoms with van der Waals surface area (Å²) in [6.07, 6.45) is 0.782. The highest BCUT2D eigenvalue weighted by molar-refractivity contribution is 7.91. The van der Waals surface area contributed by atoms with Crippen molar-refractivity contribution < 1.29 is 35.1 Å². The Hall–Kier alpha value is -1.17. The average molecular weight is 347 g/mol. The lowest BCUT2D eigenvalue weighted by atomic mass is 10.3. The Bertz CT molecular complexity index is 731. The third-order valence-electron chi connectivity index (χ3n) is 2.37. The summed E-state index contributed by atoms with van der Waals surface area (Å²) in [7, 11) is -8.49. The minimum atomic E-state index is -4.70. The molecule has 0 aromatic heterocycles. The van der Waals surface area contributed by atoms with Crippen LogP contribution in [0.15, 0.2) is 28.0 Å². The van der Waals surface area contributed by atoms with Gasteiger partial charge in [0.2, 0.25) is 10.0 Å². The summed E-state index contributed by atoms with van der Waals surface area (Å²) in [5.74, 6) is -5.01. The highest BCUT2D eigenvalue weighted by Gasteiger charge is 2.31. The third kappa shape index (κ3) is 4.66. The average Bonchev–Trinajstić information content (AvgIpc) is 2.35. The van der Waals surface area contributed by atoms with E-state index >= 15 is 0 Å². The van der Waals surface area contributed by atoms with E-state index in [1.54, 1.807) is 0 Å². The van der Waals surface area contributed by atoms with E-state index in [9.17, 15) is 30.0 Å². The molecule has 0 radical (unpaired) electrons. The Kier molecular flexibility index (Phi) is 5.03. The van der Waals surface area contributed by atoms with Gasteiger partial charge in [0.15, 0.2) is 9.84 Å². The van der Waals surface area contributed by atoms with Crippen molar-refractivity contribution in [2.24, 2.45) is 0 Å². The third-order valence-corrected chi connectivity index (χ3v) is 4.90. The van der Waals surface area contributed by atoms with Gasteiger partial charge in [0.05, 0.1) is 11.4 Å². The number of sulfone groups is 1. The molecule has 0 saturated carbocycles. The van der Waals surface area contributed by atoms with Crippen LogP contribution in [0.1, 0.15) is 0 Å². The first-order valence-corrected chi connectivity index (χ1v) is 8.74. The minimum Gasteiger partial charge on any atom is -0.390 e. The van der Waals surface area contributed by atoms with Crippen molar-refractivity contribution >= 4 is 19.9 Å². The smallest absolute Gasteiger partial charge is 0.283 e. The Balaban J connectivity index is 3.20. The Morgan fingerprint density at radius 2 is 1.81 bits per heavy atom. The first-order chi connectivity index (χ1) is 9.39. The van der Waals surface area contributed by atoms with Crippen LogP contribution in [0.3, 0.4) is 0 Å². The van der Waals surface area contributed by atoms with E-state index in [4.69, 9.17) is 5.11 Å². The van der Waals surface area contributed by atoms with E-state index in [1.807, 2.05) is 0 Å². The molecule has 1 aromatic carbocycles. The Morgan fingerprint density at radius 3 is 2.29 bits per heavy atom. The van der Waals surface area contributed by atoms with E-state index < -0.39 is 54.5 Å². The van der Waals surface area contributed by atoms with E-state index in [2.05, 4.69) is 0 Å². The molecule has 0 fully saturated rings. The number of aliphatic hydroxyl groups excluding tert-OH is 1. The summed E-state index contributed by atoms with van der Waals surface area (Å²) in [5.41, 5.74) is 0. The number of halogens is 3. The molecule has 0 saturated heterocycles. The van der Waals surface area contributed by atoms with E-state index in [-0.39, 0.29) is 0 Å². The molecule has 0 aliphatic rings. The van der Waals surface area contributed by atoms with Crippen LogP contribution in [0.2, 0.25) is 0 Å². The summed E-state index contributed by atoms with van der Waals surface area (Å²) in [6.45, 7) is -3.05. The quantitative estimate of drug-likeness (QED) is 0.713. The second-order valence-electron chi connectivity index (χ2n) is 4.20. The predicted octanol–water partition coefficient (Wildman–Crippen LogP) is 0.135. The van der Waals surface area contributed by atoms with Gasteiger partial charge in [-0.25, -0.2) is 34.7 Å². The van der Waals surface area contributed by atoms with E-state index in [0.717, 1.165) is 12.3 Å². The molecule has 1 aromatic rings. The molecular formula is C10H12F3NO5S2. The van der Waals surface area contributed by atoms with Gasteiger partial charge in [-0.15, -0.1) is 0 Å². The SMILES string of the molecule is CS(=O)(=O)c1ccc(F)c(S(=O)(=O)NCC(F)(F)CO)c1. The van der Waals surface area contributed by atoms with Crippen molar-refractivity contribution in [3.05, 3.63) is 24.0 Å². The van der Waals surface area contributed by atoms with E-state index in [0.29, 0.717) is 12.1 Å². The molecule has 6 nitrogen and oxygen atoms in total. The minimum absolute atomic E-state index is 0.474. The first-order valence-electron chi connectivity index (χ1n) is 5.37. The molecule has 0 aliphatic heterocycles. The highest BCUT2D eigenvalue weighted by atomic mass is 32.2. The zero-order valence-corrected chi connectivity index (χ0v) is 12.3.